The third-order valence-electron chi connectivity index (χ3n) is 1.78. The van der Waals surface area contributed by atoms with Crippen LogP contribution in [0.2, 0.25) is 0 Å². The number of hydrogen-bond acceptors (Lipinski definition) is 2. The van der Waals surface area contributed by atoms with Gasteiger partial charge in [0.1, 0.15) is 5.75 Å². The summed E-state index contributed by atoms with van der Waals surface area (Å²) in [6.07, 6.45) is 1.07. The zero-order valence-corrected chi connectivity index (χ0v) is 14.3. The maximum atomic E-state index is 5.40. The molecule has 0 saturated carbocycles. The Kier molecular flexibility index (Phi) is 18.9. The second kappa shape index (κ2) is 13.8. The Labute approximate surface area is 135 Å². The molecule has 88 valence electrons. The second-order valence-corrected chi connectivity index (χ2v) is 2.90. The van der Waals surface area contributed by atoms with E-state index in [1.165, 1.54) is 5.56 Å². The Morgan fingerprint density at radius 1 is 1.06 bits per heavy atom. The summed E-state index contributed by atoms with van der Waals surface area (Å²) in [5, 5.41) is 0. The van der Waals surface area contributed by atoms with Crippen molar-refractivity contribution in [2.75, 3.05) is 13.7 Å². The van der Waals surface area contributed by atoms with Crippen LogP contribution >= 0.6 is 0 Å². The topological polar surface area (TPSA) is 18.5 Å². The molecule has 1 aromatic rings. The molecule has 2 nitrogen and oxygen atoms in total. The SMILES string of the molecule is CCCOCc1ccc(OC)cc1.[Br-].[Br-].[Mg+2]. The van der Waals surface area contributed by atoms with E-state index < -0.39 is 0 Å². The number of benzene rings is 1. The summed E-state index contributed by atoms with van der Waals surface area (Å²) >= 11 is 0. The number of methoxy groups -OCH3 is 1. The van der Waals surface area contributed by atoms with Gasteiger partial charge >= 0.3 is 23.1 Å². The summed E-state index contributed by atoms with van der Waals surface area (Å²) in [4.78, 5) is 0. The molecule has 0 heterocycles. The predicted octanol–water partition coefficient (Wildman–Crippen LogP) is -3.75. The standard InChI is InChI=1S/C11H16O2.2BrH.Mg/c1-3-8-13-9-10-4-6-11(12-2)7-5-10;;;/h4-7H,3,8-9H2,1-2H3;2*1H;/q;;;+2/p-2. The second-order valence-electron chi connectivity index (χ2n) is 2.90. The third-order valence-corrected chi connectivity index (χ3v) is 1.78. The summed E-state index contributed by atoms with van der Waals surface area (Å²) in [6.45, 7) is 3.62. The molecule has 16 heavy (non-hydrogen) atoms. The summed E-state index contributed by atoms with van der Waals surface area (Å²) in [5.41, 5.74) is 1.19. The zero-order valence-electron chi connectivity index (χ0n) is 9.71. The van der Waals surface area contributed by atoms with Gasteiger partial charge in [0, 0.05) is 6.61 Å². The molecule has 1 rings (SSSR count). The monoisotopic (exact) mass is 362 g/mol. The molecule has 0 atom stereocenters. The van der Waals surface area contributed by atoms with E-state index in [2.05, 4.69) is 6.92 Å². The van der Waals surface area contributed by atoms with Gasteiger partial charge in [0.05, 0.1) is 13.7 Å². The first-order valence-corrected chi connectivity index (χ1v) is 4.57. The molecule has 0 aliphatic rings. The molecule has 0 fully saturated rings. The van der Waals surface area contributed by atoms with Gasteiger partial charge in [-0.3, -0.25) is 0 Å². The first kappa shape index (κ1) is 21.9. The van der Waals surface area contributed by atoms with E-state index in [1.807, 2.05) is 24.3 Å². The van der Waals surface area contributed by atoms with Crippen molar-refractivity contribution in [3.63, 3.8) is 0 Å². The van der Waals surface area contributed by atoms with Crippen LogP contribution in [0.3, 0.4) is 0 Å². The predicted molar refractivity (Wildman–Crippen MR) is 58.7 cm³/mol. The average Bonchev–Trinajstić information content (AvgIpc) is 2.19. The van der Waals surface area contributed by atoms with Crippen LogP contribution < -0.4 is 38.7 Å². The quantitative estimate of drug-likeness (QED) is 0.395. The van der Waals surface area contributed by atoms with Gasteiger partial charge in [0.15, 0.2) is 0 Å². The molecule has 5 heteroatoms. The Hall–Kier alpha value is 0.706. The first-order valence-electron chi connectivity index (χ1n) is 4.57. The summed E-state index contributed by atoms with van der Waals surface area (Å²) in [7, 11) is 1.67. The van der Waals surface area contributed by atoms with Crippen LogP contribution in [0.25, 0.3) is 0 Å². The molecule has 0 amide bonds. The van der Waals surface area contributed by atoms with Crippen molar-refractivity contribution >= 4 is 23.1 Å². The fourth-order valence-corrected chi connectivity index (χ4v) is 1.06. The van der Waals surface area contributed by atoms with Crippen molar-refractivity contribution in [2.24, 2.45) is 0 Å². The zero-order chi connectivity index (χ0) is 9.52. The van der Waals surface area contributed by atoms with Gasteiger partial charge in [0.25, 0.3) is 0 Å². The van der Waals surface area contributed by atoms with Gasteiger partial charge in [-0.1, -0.05) is 19.1 Å². The largest absolute Gasteiger partial charge is 2.00 e. The van der Waals surface area contributed by atoms with Crippen LogP contribution in [0.5, 0.6) is 5.75 Å². The van der Waals surface area contributed by atoms with Crippen molar-refractivity contribution in [1.82, 2.24) is 0 Å². The fourth-order valence-electron chi connectivity index (χ4n) is 1.06. The van der Waals surface area contributed by atoms with Gasteiger partial charge in [0.2, 0.25) is 0 Å². The van der Waals surface area contributed by atoms with E-state index >= 15 is 0 Å². The van der Waals surface area contributed by atoms with Gasteiger partial charge in [-0.2, -0.15) is 0 Å². The van der Waals surface area contributed by atoms with E-state index in [1.54, 1.807) is 7.11 Å². The summed E-state index contributed by atoms with van der Waals surface area (Å²) in [5.74, 6) is 0.888. The smallest absolute Gasteiger partial charge is 1.00 e. The number of rotatable bonds is 5. The van der Waals surface area contributed by atoms with Crippen LogP contribution in [0, 0.1) is 0 Å². The van der Waals surface area contributed by atoms with E-state index in [4.69, 9.17) is 9.47 Å². The Balaban J connectivity index is -0.000000563. The molecule has 0 aliphatic heterocycles. The van der Waals surface area contributed by atoms with Gasteiger partial charge in [-0.15, -0.1) is 0 Å². The minimum absolute atomic E-state index is 0. The number of ether oxygens (including phenoxy) is 2. The fraction of sp³-hybridized carbons (Fsp3) is 0.455. The third kappa shape index (κ3) is 8.81. The Morgan fingerprint density at radius 3 is 2.06 bits per heavy atom. The van der Waals surface area contributed by atoms with Gasteiger partial charge in [-0.25, -0.2) is 0 Å². The van der Waals surface area contributed by atoms with E-state index in [-0.39, 0.29) is 57.0 Å². The van der Waals surface area contributed by atoms with E-state index in [0.29, 0.717) is 6.61 Å². The molecule has 0 bridgehead atoms. The van der Waals surface area contributed by atoms with Crippen LogP contribution in [0.15, 0.2) is 24.3 Å². The molecular weight excluding hydrogens is 348 g/mol. The van der Waals surface area contributed by atoms with E-state index in [0.717, 1.165) is 18.8 Å². The average molecular weight is 364 g/mol. The van der Waals surface area contributed by atoms with Crippen LogP contribution in [-0.4, -0.2) is 36.8 Å². The first-order chi connectivity index (χ1) is 6.36. The van der Waals surface area contributed by atoms with Crippen molar-refractivity contribution < 1.29 is 43.4 Å². The summed E-state index contributed by atoms with van der Waals surface area (Å²) in [6, 6.07) is 7.94. The maximum absolute atomic E-state index is 5.40. The van der Waals surface area contributed by atoms with E-state index in [9.17, 15) is 0 Å². The molecule has 0 aromatic heterocycles. The minimum Gasteiger partial charge on any atom is -1.00 e. The molecule has 0 unspecified atom stereocenters. The van der Waals surface area contributed by atoms with Gasteiger partial charge in [-0.05, 0) is 24.1 Å². The molecular formula is C11H16Br2MgO2. The van der Waals surface area contributed by atoms with Gasteiger partial charge < -0.3 is 43.4 Å². The summed E-state index contributed by atoms with van der Waals surface area (Å²) < 4.78 is 10.5. The van der Waals surface area contributed by atoms with Crippen LogP contribution in [-0.2, 0) is 11.3 Å². The number of halogens is 2. The normalized spacial score (nSPS) is 8.12. The molecule has 0 aliphatic carbocycles. The van der Waals surface area contributed by atoms with Crippen molar-refractivity contribution in [1.29, 1.82) is 0 Å². The van der Waals surface area contributed by atoms with Crippen molar-refractivity contribution in [3.05, 3.63) is 29.8 Å². The van der Waals surface area contributed by atoms with Crippen LogP contribution in [0.4, 0.5) is 0 Å². The Bertz CT molecular complexity index is 242. The molecule has 0 N–H and O–H groups in total. The molecule has 0 spiro atoms. The minimum atomic E-state index is 0. The maximum Gasteiger partial charge on any atom is 2.00 e. The molecule has 0 saturated heterocycles. The molecule has 1 aromatic carbocycles. The Morgan fingerprint density at radius 2 is 1.62 bits per heavy atom. The van der Waals surface area contributed by atoms with Crippen LogP contribution in [0.1, 0.15) is 18.9 Å². The van der Waals surface area contributed by atoms with Crippen molar-refractivity contribution in [2.45, 2.75) is 20.0 Å². The number of hydrogen-bond donors (Lipinski definition) is 0. The molecule has 0 radical (unpaired) electrons. The van der Waals surface area contributed by atoms with Crippen molar-refractivity contribution in [3.8, 4) is 5.75 Å².